The zero-order chi connectivity index (χ0) is 17.8. The first-order chi connectivity index (χ1) is 12.8. The summed E-state index contributed by atoms with van der Waals surface area (Å²) in [4.78, 5) is 21.6. The smallest absolute Gasteiger partial charge is 0.255 e. The second kappa shape index (κ2) is 7.67. The minimum Gasteiger partial charge on any atom is -0.336 e. The summed E-state index contributed by atoms with van der Waals surface area (Å²) in [6.07, 6.45) is 2.76. The van der Waals surface area contributed by atoms with Gasteiger partial charge >= 0.3 is 0 Å². The third-order valence-electron chi connectivity index (χ3n) is 5.06. The van der Waals surface area contributed by atoms with Crippen LogP contribution in [0.3, 0.4) is 0 Å². The lowest BCUT2D eigenvalue weighted by Crippen LogP contribution is -2.49. The van der Waals surface area contributed by atoms with E-state index in [1.54, 1.807) is 6.20 Å². The lowest BCUT2D eigenvalue weighted by atomic mass is 10.1. The van der Waals surface area contributed by atoms with Crippen molar-refractivity contribution in [2.45, 2.75) is 6.42 Å². The molecule has 2 heterocycles. The average Bonchev–Trinajstić information content (AvgIpc) is 2.72. The predicted molar refractivity (Wildman–Crippen MR) is 104 cm³/mol. The molecule has 0 aliphatic carbocycles. The van der Waals surface area contributed by atoms with Gasteiger partial charge < -0.3 is 4.90 Å². The molecule has 1 aliphatic heterocycles. The maximum absolute atomic E-state index is 12.8. The molecule has 4 rings (SSSR count). The molecule has 0 unspecified atom stereocenters. The molecule has 1 aliphatic rings. The lowest BCUT2D eigenvalue weighted by molar-refractivity contribution is 0.0638. The summed E-state index contributed by atoms with van der Waals surface area (Å²) >= 11 is 0. The molecule has 132 valence electrons. The van der Waals surface area contributed by atoms with Crippen LogP contribution in [0.1, 0.15) is 15.9 Å². The second-order valence-corrected chi connectivity index (χ2v) is 6.79. The van der Waals surface area contributed by atoms with Crippen LogP contribution in [-0.2, 0) is 6.42 Å². The molecular weight excluding hydrogens is 322 g/mol. The Morgan fingerprint density at radius 3 is 2.46 bits per heavy atom. The number of aromatic nitrogens is 1. The van der Waals surface area contributed by atoms with Gasteiger partial charge in [-0.3, -0.25) is 14.7 Å². The van der Waals surface area contributed by atoms with E-state index in [2.05, 4.69) is 40.2 Å². The molecular formula is C22H23N3O. The Kier molecular flexibility index (Phi) is 4.93. The monoisotopic (exact) mass is 345 g/mol. The molecule has 0 N–H and O–H groups in total. The van der Waals surface area contributed by atoms with Crippen LogP contribution < -0.4 is 0 Å². The molecule has 0 spiro atoms. The van der Waals surface area contributed by atoms with E-state index in [1.165, 1.54) is 5.56 Å². The number of amides is 1. The minimum absolute atomic E-state index is 0.0889. The number of benzene rings is 2. The van der Waals surface area contributed by atoms with E-state index in [-0.39, 0.29) is 5.91 Å². The van der Waals surface area contributed by atoms with Crippen molar-refractivity contribution in [3.63, 3.8) is 0 Å². The van der Waals surface area contributed by atoms with Crippen LogP contribution in [0.25, 0.3) is 10.9 Å². The molecule has 1 amide bonds. The van der Waals surface area contributed by atoms with Crippen molar-refractivity contribution in [2.75, 3.05) is 32.7 Å². The van der Waals surface area contributed by atoms with E-state index in [9.17, 15) is 4.79 Å². The van der Waals surface area contributed by atoms with E-state index >= 15 is 0 Å². The zero-order valence-electron chi connectivity index (χ0n) is 14.8. The van der Waals surface area contributed by atoms with Crippen molar-refractivity contribution in [1.82, 2.24) is 14.8 Å². The molecule has 1 fully saturated rings. The molecule has 2 aromatic carbocycles. The van der Waals surface area contributed by atoms with Crippen molar-refractivity contribution >= 4 is 16.8 Å². The molecule has 26 heavy (non-hydrogen) atoms. The Morgan fingerprint density at radius 1 is 0.923 bits per heavy atom. The van der Waals surface area contributed by atoms with Gasteiger partial charge in [-0.05, 0) is 24.1 Å². The van der Waals surface area contributed by atoms with E-state index in [0.717, 1.165) is 50.0 Å². The summed E-state index contributed by atoms with van der Waals surface area (Å²) in [7, 11) is 0. The Hall–Kier alpha value is -2.72. The quantitative estimate of drug-likeness (QED) is 0.728. The highest BCUT2D eigenvalue weighted by atomic mass is 16.2. The molecule has 4 heteroatoms. The normalized spacial score (nSPS) is 15.3. The van der Waals surface area contributed by atoms with Gasteiger partial charge in [0, 0.05) is 44.3 Å². The standard InChI is InChI=1S/C22H23N3O/c26-22(20-16-19-8-4-5-9-21(19)23-17-20)25-14-12-24(13-15-25)11-10-18-6-2-1-3-7-18/h1-9,16-17H,10-15H2. The molecule has 3 aromatic rings. The van der Waals surface area contributed by atoms with Crippen LogP contribution in [0, 0.1) is 0 Å². The van der Waals surface area contributed by atoms with E-state index in [4.69, 9.17) is 0 Å². The van der Waals surface area contributed by atoms with E-state index < -0.39 is 0 Å². The maximum atomic E-state index is 12.8. The number of carbonyl (C=O) groups is 1. The number of carbonyl (C=O) groups excluding carboxylic acids is 1. The van der Waals surface area contributed by atoms with Crippen molar-refractivity contribution in [3.05, 3.63) is 78.0 Å². The van der Waals surface area contributed by atoms with Gasteiger partial charge in [0.1, 0.15) is 0 Å². The largest absolute Gasteiger partial charge is 0.336 e. The first kappa shape index (κ1) is 16.7. The number of rotatable bonds is 4. The average molecular weight is 345 g/mol. The molecule has 0 atom stereocenters. The number of fused-ring (bicyclic) bond motifs is 1. The summed E-state index contributed by atoms with van der Waals surface area (Å²) in [6, 6.07) is 20.4. The predicted octanol–water partition coefficient (Wildman–Crippen LogP) is 3.24. The summed E-state index contributed by atoms with van der Waals surface area (Å²) in [5, 5.41) is 1.01. The molecule has 0 saturated carbocycles. The van der Waals surface area contributed by atoms with Crippen molar-refractivity contribution in [3.8, 4) is 0 Å². The number of hydrogen-bond donors (Lipinski definition) is 0. The first-order valence-electron chi connectivity index (χ1n) is 9.20. The fourth-order valence-corrected chi connectivity index (χ4v) is 3.48. The Balaban J connectivity index is 1.34. The summed E-state index contributed by atoms with van der Waals surface area (Å²) in [5.41, 5.74) is 2.98. The van der Waals surface area contributed by atoms with Crippen molar-refractivity contribution < 1.29 is 4.79 Å². The Labute approximate surface area is 154 Å². The molecule has 1 aromatic heterocycles. The highest BCUT2D eigenvalue weighted by molar-refractivity contribution is 5.97. The van der Waals surface area contributed by atoms with Crippen LogP contribution in [0.2, 0.25) is 0 Å². The number of pyridine rings is 1. The van der Waals surface area contributed by atoms with Crippen LogP contribution in [0.4, 0.5) is 0 Å². The van der Waals surface area contributed by atoms with Gasteiger partial charge in [-0.1, -0.05) is 48.5 Å². The van der Waals surface area contributed by atoms with Crippen molar-refractivity contribution in [2.24, 2.45) is 0 Å². The van der Waals surface area contributed by atoms with Crippen LogP contribution >= 0.6 is 0 Å². The lowest BCUT2D eigenvalue weighted by Gasteiger charge is -2.34. The van der Waals surface area contributed by atoms with Crippen LogP contribution in [0.15, 0.2) is 66.9 Å². The number of piperazine rings is 1. The maximum Gasteiger partial charge on any atom is 0.255 e. The van der Waals surface area contributed by atoms with Crippen LogP contribution in [-0.4, -0.2) is 53.4 Å². The minimum atomic E-state index is 0.0889. The van der Waals surface area contributed by atoms with Gasteiger partial charge in [-0.25, -0.2) is 0 Å². The number of para-hydroxylation sites is 1. The van der Waals surface area contributed by atoms with Gasteiger partial charge in [0.2, 0.25) is 0 Å². The highest BCUT2D eigenvalue weighted by Gasteiger charge is 2.22. The van der Waals surface area contributed by atoms with Gasteiger partial charge in [0.15, 0.2) is 0 Å². The third-order valence-corrected chi connectivity index (χ3v) is 5.06. The first-order valence-corrected chi connectivity index (χ1v) is 9.20. The van der Waals surface area contributed by atoms with Gasteiger partial charge in [-0.2, -0.15) is 0 Å². The second-order valence-electron chi connectivity index (χ2n) is 6.79. The molecule has 0 bridgehead atoms. The van der Waals surface area contributed by atoms with E-state index in [0.29, 0.717) is 5.56 Å². The van der Waals surface area contributed by atoms with Crippen LogP contribution in [0.5, 0.6) is 0 Å². The van der Waals surface area contributed by atoms with Gasteiger partial charge in [0.05, 0.1) is 11.1 Å². The zero-order valence-corrected chi connectivity index (χ0v) is 14.8. The Morgan fingerprint density at radius 2 is 1.65 bits per heavy atom. The molecule has 0 radical (unpaired) electrons. The number of nitrogens with zero attached hydrogens (tertiary/aromatic N) is 3. The fourth-order valence-electron chi connectivity index (χ4n) is 3.48. The summed E-state index contributed by atoms with van der Waals surface area (Å²) in [5.74, 6) is 0.0889. The highest BCUT2D eigenvalue weighted by Crippen LogP contribution is 2.15. The SMILES string of the molecule is O=C(c1cnc2ccccc2c1)N1CCN(CCc2ccccc2)CC1. The number of hydrogen-bond acceptors (Lipinski definition) is 3. The van der Waals surface area contributed by atoms with Crippen molar-refractivity contribution in [1.29, 1.82) is 0 Å². The summed E-state index contributed by atoms with van der Waals surface area (Å²) in [6.45, 7) is 4.46. The Bertz CT molecular complexity index is 886. The molecule has 4 nitrogen and oxygen atoms in total. The topological polar surface area (TPSA) is 36.4 Å². The summed E-state index contributed by atoms with van der Waals surface area (Å²) < 4.78 is 0. The van der Waals surface area contributed by atoms with Gasteiger partial charge in [-0.15, -0.1) is 0 Å². The van der Waals surface area contributed by atoms with E-state index in [1.807, 2.05) is 35.2 Å². The third kappa shape index (κ3) is 3.75. The van der Waals surface area contributed by atoms with Gasteiger partial charge in [0.25, 0.3) is 5.91 Å². The fraction of sp³-hybridized carbons (Fsp3) is 0.273. The molecule has 1 saturated heterocycles.